The molecular weight excluding hydrogens is 440 g/mol. The highest BCUT2D eigenvalue weighted by Gasteiger charge is 2.34. The molecule has 3 heterocycles. The number of aryl methyl sites for hydroxylation is 1. The summed E-state index contributed by atoms with van der Waals surface area (Å²) in [7, 11) is 0. The maximum absolute atomic E-state index is 13.3. The van der Waals surface area contributed by atoms with E-state index in [4.69, 9.17) is 0 Å². The van der Waals surface area contributed by atoms with Crippen LogP contribution in [0, 0.1) is 13.8 Å². The summed E-state index contributed by atoms with van der Waals surface area (Å²) in [5, 5.41) is 14.9. The number of aliphatic hydroxyl groups is 1. The summed E-state index contributed by atoms with van der Waals surface area (Å²) < 4.78 is 1.80. The minimum atomic E-state index is -0.698. The van der Waals surface area contributed by atoms with Crippen molar-refractivity contribution in [2.75, 3.05) is 26.2 Å². The fourth-order valence-electron chi connectivity index (χ4n) is 6.04. The molecule has 1 aliphatic carbocycles. The summed E-state index contributed by atoms with van der Waals surface area (Å²) in [6.45, 7) is 9.01. The van der Waals surface area contributed by atoms with E-state index in [0.717, 1.165) is 56.5 Å². The lowest BCUT2D eigenvalue weighted by atomic mass is 9.85. The van der Waals surface area contributed by atoms with E-state index in [-0.39, 0.29) is 18.4 Å². The summed E-state index contributed by atoms with van der Waals surface area (Å²) in [6.07, 6.45) is 5.84. The van der Waals surface area contributed by atoms with Crippen LogP contribution in [0.4, 0.5) is 0 Å². The highest BCUT2D eigenvalue weighted by Crippen LogP contribution is 2.32. The van der Waals surface area contributed by atoms with Gasteiger partial charge < -0.3 is 14.9 Å². The number of amides is 2. The minimum Gasteiger partial charge on any atom is -0.390 e. The molecule has 35 heavy (non-hydrogen) atoms. The van der Waals surface area contributed by atoms with E-state index in [1.54, 1.807) is 4.68 Å². The van der Waals surface area contributed by atoms with Gasteiger partial charge in [0.1, 0.15) is 6.54 Å². The van der Waals surface area contributed by atoms with E-state index >= 15 is 0 Å². The highest BCUT2D eigenvalue weighted by molar-refractivity contribution is 5.94. The maximum Gasteiger partial charge on any atom is 0.274 e. The number of hydrogen-bond donors (Lipinski definition) is 1. The second-order valence-electron chi connectivity index (χ2n) is 11.0. The van der Waals surface area contributed by atoms with Crippen LogP contribution in [-0.4, -0.2) is 68.3 Å². The smallest absolute Gasteiger partial charge is 0.274 e. The number of carbonyl (C=O) groups excluding carboxylic acids is 2. The van der Waals surface area contributed by atoms with Gasteiger partial charge in [0, 0.05) is 37.4 Å². The Morgan fingerprint density at radius 3 is 2.49 bits per heavy atom. The molecule has 188 valence electrons. The van der Waals surface area contributed by atoms with Crippen molar-refractivity contribution in [1.29, 1.82) is 0 Å². The molecule has 1 N–H and O–H groups in total. The van der Waals surface area contributed by atoms with Crippen molar-refractivity contribution in [3.8, 4) is 0 Å². The van der Waals surface area contributed by atoms with Gasteiger partial charge in [-0.15, -0.1) is 0 Å². The lowest BCUT2D eigenvalue weighted by Crippen LogP contribution is -2.45. The predicted molar refractivity (Wildman–Crippen MR) is 134 cm³/mol. The molecule has 0 radical (unpaired) electrons. The number of piperidine rings is 2. The van der Waals surface area contributed by atoms with E-state index in [2.05, 4.69) is 37.1 Å². The van der Waals surface area contributed by atoms with Crippen molar-refractivity contribution in [2.45, 2.75) is 83.8 Å². The van der Waals surface area contributed by atoms with Gasteiger partial charge in [0.05, 0.1) is 5.60 Å². The second-order valence-corrected chi connectivity index (χ2v) is 11.0. The largest absolute Gasteiger partial charge is 0.390 e. The van der Waals surface area contributed by atoms with Crippen molar-refractivity contribution in [3.63, 3.8) is 0 Å². The van der Waals surface area contributed by atoms with Crippen molar-refractivity contribution in [1.82, 2.24) is 19.6 Å². The molecule has 7 heteroatoms. The molecule has 1 aromatic heterocycles. The van der Waals surface area contributed by atoms with Gasteiger partial charge in [-0.1, -0.05) is 18.2 Å². The Morgan fingerprint density at radius 2 is 1.77 bits per heavy atom. The average Bonchev–Trinajstić information content (AvgIpc) is 3.44. The standard InChI is InChI=1S/C28H38N4O3/c1-19-6-4-7-22(20(19)2)21-10-14-30(15-11-21)25(33)18-32-24-9-5-8-23(24)26(29-32)27(34)31-16-12-28(3,35)13-17-31/h4,6-7,21,35H,5,8-18H2,1-3H3. The molecule has 2 amide bonds. The molecule has 0 atom stereocenters. The van der Waals surface area contributed by atoms with Crippen LogP contribution in [-0.2, 0) is 24.2 Å². The predicted octanol–water partition coefficient (Wildman–Crippen LogP) is 3.38. The van der Waals surface area contributed by atoms with Crippen LogP contribution >= 0.6 is 0 Å². The first-order chi connectivity index (χ1) is 16.7. The van der Waals surface area contributed by atoms with Gasteiger partial charge in [0.2, 0.25) is 5.91 Å². The normalized spacial score (nSPS) is 20.2. The Labute approximate surface area is 208 Å². The Morgan fingerprint density at radius 1 is 1.06 bits per heavy atom. The third-order valence-corrected chi connectivity index (χ3v) is 8.56. The highest BCUT2D eigenvalue weighted by atomic mass is 16.3. The molecular formula is C28H38N4O3. The SMILES string of the molecule is Cc1cccc(C2CCN(C(=O)Cn3nc(C(=O)N4CCC(C)(O)CC4)c4c3CCC4)CC2)c1C. The second kappa shape index (κ2) is 9.41. The molecule has 7 nitrogen and oxygen atoms in total. The number of fused-ring (bicyclic) bond motifs is 1. The molecule has 1 aromatic carbocycles. The number of likely N-dealkylation sites (tertiary alicyclic amines) is 2. The summed E-state index contributed by atoms with van der Waals surface area (Å²) in [6, 6.07) is 6.53. The molecule has 2 aliphatic heterocycles. The zero-order chi connectivity index (χ0) is 24.7. The number of rotatable bonds is 4. The Balaban J connectivity index is 1.24. The molecule has 0 bridgehead atoms. The van der Waals surface area contributed by atoms with Crippen LogP contribution in [0.15, 0.2) is 18.2 Å². The molecule has 2 fully saturated rings. The molecule has 2 aromatic rings. The molecule has 0 saturated carbocycles. The van der Waals surface area contributed by atoms with Crippen LogP contribution in [0.25, 0.3) is 0 Å². The van der Waals surface area contributed by atoms with Crippen LogP contribution in [0.5, 0.6) is 0 Å². The van der Waals surface area contributed by atoms with Crippen molar-refractivity contribution < 1.29 is 14.7 Å². The fourth-order valence-corrected chi connectivity index (χ4v) is 6.04. The van der Waals surface area contributed by atoms with E-state index in [9.17, 15) is 14.7 Å². The molecule has 5 rings (SSSR count). The topological polar surface area (TPSA) is 78.7 Å². The van der Waals surface area contributed by atoms with Gasteiger partial charge in [0.15, 0.2) is 5.69 Å². The summed E-state index contributed by atoms with van der Waals surface area (Å²) in [5.74, 6) is 0.538. The molecule has 3 aliphatic rings. The van der Waals surface area contributed by atoms with Gasteiger partial charge in [0.25, 0.3) is 5.91 Å². The van der Waals surface area contributed by atoms with Crippen molar-refractivity contribution >= 4 is 11.8 Å². The maximum atomic E-state index is 13.3. The Bertz CT molecular complexity index is 1120. The zero-order valence-electron chi connectivity index (χ0n) is 21.3. The number of aromatic nitrogens is 2. The van der Waals surface area contributed by atoms with E-state index in [1.165, 1.54) is 16.7 Å². The lowest BCUT2D eigenvalue weighted by molar-refractivity contribution is -0.133. The number of benzene rings is 1. The van der Waals surface area contributed by atoms with Gasteiger partial charge in [-0.25, -0.2) is 0 Å². The van der Waals surface area contributed by atoms with Crippen LogP contribution < -0.4 is 0 Å². The van der Waals surface area contributed by atoms with Crippen LogP contribution in [0.3, 0.4) is 0 Å². The molecule has 0 spiro atoms. The monoisotopic (exact) mass is 478 g/mol. The third-order valence-electron chi connectivity index (χ3n) is 8.56. The fraction of sp³-hybridized carbons (Fsp3) is 0.607. The average molecular weight is 479 g/mol. The summed E-state index contributed by atoms with van der Waals surface area (Å²) in [5.41, 5.74) is 6.01. The van der Waals surface area contributed by atoms with Crippen LogP contribution in [0.1, 0.15) is 83.4 Å². The molecule has 2 saturated heterocycles. The Hall–Kier alpha value is -2.67. The van der Waals surface area contributed by atoms with E-state index in [1.807, 2.05) is 16.7 Å². The van der Waals surface area contributed by atoms with Crippen molar-refractivity contribution in [2.24, 2.45) is 0 Å². The third kappa shape index (κ3) is 4.75. The quantitative estimate of drug-likeness (QED) is 0.731. The van der Waals surface area contributed by atoms with Gasteiger partial charge in [-0.05, 0) is 88.3 Å². The van der Waals surface area contributed by atoms with Gasteiger partial charge in [-0.2, -0.15) is 5.10 Å². The summed E-state index contributed by atoms with van der Waals surface area (Å²) in [4.78, 5) is 30.3. The van der Waals surface area contributed by atoms with Gasteiger partial charge >= 0.3 is 0 Å². The Kier molecular flexibility index (Phi) is 6.47. The van der Waals surface area contributed by atoms with Crippen molar-refractivity contribution in [3.05, 3.63) is 51.8 Å². The first kappa shape index (κ1) is 24.0. The number of nitrogens with zero attached hydrogens (tertiary/aromatic N) is 4. The van der Waals surface area contributed by atoms with Crippen LogP contribution in [0.2, 0.25) is 0 Å². The minimum absolute atomic E-state index is 0.0563. The van der Waals surface area contributed by atoms with Gasteiger partial charge in [-0.3, -0.25) is 14.3 Å². The van der Waals surface area contributed by atoms with E-state index < -0.39 is 5.60 Å². The molecule has 0 unspecified atom stereocenters. The number of carbonyl (C=O) groups is 2. The number of hydrogen-bond acceptors (Lipinski definition) is 4. The zero-order valence-corrected chi connectivity index (χ0v) is 21.3. The lowest BCUT2D eigenvalue weighted by Gasteiger charge is -2.35. The summed E-state index contributed by atoms with van der Waals surface area (Å²) >= 11 is 0. The first-order valence-corrected chi connectivity index (χ1v) is 13.2. The van der Waals surface area contributed by atoms with E-state index in [0.29, 0.717) is 37.5 Å². The first-order valence-electron chi connectivity index (χ1n) is 13.2.